The van der Waals surface area contributed by atoms with E-state index in [0.29, 0.717) is 12.3 Å². The first-order valence-corrected chi connectivity index (χ1v) is 6.09. The average Bonchev–Trinajstić information content (AvgIpc) is 2.81. The van der Waals surface area contributed by atoms with E-state index in [1.165, 1.54) is 10.7 Å². The van der Waals surface area contributed by atoms with Gasteiger partial charge in [-0.3, -0.25) is 0 Å². The molecule has 0 amide bonds. The number of carbonyl (C=O) groups is 1. The highest BCUT2D eigenvalue weighted by Gasteiger charge is 2.20. The van der Waals surface area contributed by atoms with Gasteiger partial charge >= 0.3 is 5.97 Å². The fourth-order valence-electron chi connectivity index (χ4n) is 2.21. The predicted molar refractivity (Wildman–Crippen MR) is 67.6 cm³/mol. The van der Waals surface area contributed by atoms with E-state index in [4.69, 9.17) is 9.84 Å². The zero-order valence-corrected chi connectivity index (χ0v) is 10.5. The van der Waals surface area contributed by atoms with Crippen LogP contribution in [-0.2, 0) is 4.74 Å². The maximum atomic E-state index is 11.1. The van der Waals surface area contributed by atoms with Crippen molar-refractivity contribution in [2.45, 2.75) is 13.0 Å². The SMILES string of the molecule is CC1CN(c2ccn3ncc(C(=O)O)c3n2)CCO1. The molecule has 1 saturated heterocycles. The van der Waals surface area contributed by atoms with Gasteiger partial charge in [0.2, 0.25) is 0 Å². The number of hydrogen-bond donors (Lipinski definition) is 1. The van der Waals surface area contributed by atoms with Gasteiger partial charge in [0.05, 0.1) is 18.9 Å². The summed E-state index contributed by atoms with van der Waals surface area (Å²) in [5.41, 5.74) is 0.479. The Balaban J connectivity index is 2.00. The third-order valence-electron chi connectivity index (χ3n) is 3.15. The lowest BCUT2D eigenvalue weighted by molar-refractivity contribution is 0.0529. The van der Waals surface area contributed by atoms with Crippen molar-refractivity contribution >= 4 is 17.4 Å². The van der Waals surface area contributed by atoms with Crippen molar-refractivity contribution < 1.29 is 14.6 Å². The Hall–Kier alpha value is -2.15. The molecule has 1 aliphatic heterocycles. The number of rotatable bonds is 2. The van der Waals surface area contributed by atoms with E-state index in [1.54, 1.807) is 6.20 Å². The third-order valence-corrected chi connectivity index (χ3v) is 3.15. The van der Waals surface area contributed by atoms with Gasteiger partial charge in [-0.05, 0) is 13.0 Å². The van der Waals surface area contributed by atoms with Crippen molar-refractivity contribution in [2.75, 3.05) is 24.6 Å². The summed E-state index contributed by atoms with van der Waals surface area (Å²) in [7, 11) is 0. The number of fused-ring (bicyclic) bond motifs is 1. The van der Waals surface area contributed by atoms with Gasteiger partial charge in [0.15, 0.2) is 5.65 Å². The molecule has 1 N–H and O–H groups in total. The van der Waals surface area contributed by atoms with Gasteiger partial charge in [-0.15, -0.1) is 0 Å². The maximum absolute atomic E-state index is 11.1. The lowest BCUT2D eigenvalue weighted by Crippen LogP contribution is -2.41. The second-order valence-electron chi connectivity index (χ2n) is 4.54. The Bertz CT molecular complexity index is 624. The summed E-state index contributed by atoms with van der Waals surface area (Å²) in [6.45, 7) is 4.16. The molecule has 19 heavy (non-hydrogen) atoms. The van der Waals surface area contributed by atoms with E-state index < -0.39 is 5.97 Å². The molecule has 100 valence electrons. The Labute approximate surface area is 109 Å². The third kappa shape index (κ3) is 2.12. The summed E-state index contributed by atoms with van der Waals surface area (Å²) < 4.78 is 6.95. The van der Waals surface area contributed by atoms with Crippen molar-refractivity contribution in [1.29, 1.82) is 0 Å². The normalized spacial score (nSPS) is 19.8. The molecule has 0 aliphatic carbocycles. The first-order chi connectivity index (χ1) is 9.15. The lowest BCUT2D eigenvalue weighted by atomic mass is 10.3. The molecule has 0 spiro atoms. The summed E-state index contributed by atoms with van der Waals surface area (Å²) in [5.74, 6) is -0.263. The van der Waals surface area contributed by atoms with Gasteiger partial charge in [0.25, 0.3) is 0 Å². The number of carboxylic acids is 1. The minimum atomic E-state index is -1.02. The van der Waals surface area contributed by atoms with Crippen LogP contribution in [0.15, 0.2) is 18.5 Å². The number of morpholine rings is 1. The molecule has 7 heteroatoms. The number of carboxylic acid groups (broad SMARTS) is 1. The number of hydrogen-bond acceptors (Lipinski definition) is 5. The van der Waals surface area contributed by atoms with E-state index in [0.717, 1.165) is 18.9 Å². The number of nitrogens with zero attached hydrogens (tertiary/aromatic N) is 4. The Morgan fingerprint density at radius 2 is 2.42 bits per heavy atom. The quantitative estimate of drug-likeness (QED) is 0.856. The average molecular weight is 262 g/mol. The highest BCUT2D eigenvalue weighted by Crippen LogP contribution is 2.17. The summed E-state index contributed by atoms with van der Waals surface area (Å²) in [6, 6.07) is 1.84. The Kier molecular flexibility index (Phi) is 2.83. The molecule has 1 aliphatic rings. The van der Waals surface area contributed by atoms with E-state index in [2.05, 4.69) is 15.0 Å². The summed E-state index contributed by atoms with van der Waals surface area (Å²) in [6.07, 6.45) is 3.19. The molecule has 3 heterocycles. The number of anilines is 1. The van der Waals surface area contributed by atoms with Gasteiger partial charge in [-0.25, -0.2) is 14.3 Å². The van der Waals surface area contributed by atoms with Gasteiger partial charge in [-0.1, -0.05) is 0 Å². The molecule has 2 aromatic heterocycles. The second-order valence-corrected chi connectivity index (χ2v) is 4.54. The van der Waals surface area contributed by atoms with Crippen LogP contribution in [0.4, 0.5) is 5.82 Å². The van der Waals surface area contributed by atoms with Crippen molar-refractivity contribution in [3.63, 3.8) is 0 Å². The van der Waals surface area contributed by atoms with Crippen LogP contribution in [0.1, 0.15) is 17.3 Å². The minimum Gasteiger partial charge on any atom is -0.477 e. The fraction of sp³-hybridized carbons (Fsp3) is 0.417. The zero-order valence-electron chi connectivity index (χ0n) is 10.5. The molecule has 0 bridgehead atoms. The lowest BCUT2D eigenvalue weighted by Gasteiger charge is -2.31. The smallest absolute Gasteiger partial charge is 0.341 e. The van der Waals surface area contributed by atoms with Gasteiger partial charge in [-0.2, -0.15) is 5.10 Å². The maximum Gasteiger partial charge on any atom is 0.341 e. The summed E-state index contributed by atoms with van der Waals surface area (Å²) >= 11 is 0. The van der Waals surface area contributed by atoms with Gasteiger partial charge in [0.1, 0.15) is 11.4 Å². The van der Waals surface area contributed by atoms with Crippen LogP contribution < -0.4 is 4.90 Å². The molecule has 0 saturated carbocycles. The highest BCUT2D eigenvalue weighted by atomic mass is 16.5. The second kappa shape index (κ2) is 4.51. The van der Waals surface area contributed by atoms with Crippen molar-refractivity contribution in [1.82, 2.24) is 14.6 Å². The summed E-state index contributed by atoms with van der Waals surface area (Å²) in [5, 5.41) is 13.1. The van der Waals surface area contributed by atoms with Crippen molar-refractivity contribution in [3.05, 3.63) is 24.0 Å². The van der Waals surface area contributed by atoms with E-state index >= 15 is 0 Å². The van der Waals surface area contributed by atoms with Crippen LogP contribution in [0.25, 0.3) is 5.65 Å². The van der Waals surface area contributed by atoms with Crippen molar-refractivity contribution in [2.24, 2.45) is 0 Å². The van der Waals surface area contributed by atoms with E-state index in [-0.39, 0.29) is 11.7 Å². The molecular weight excluding hydrogens is 248 g/mol. The first kappa shape index (κ1) is 11.9. The Morgan fingerprint density at radius 3 is 3.16 bits per heavy atom. The van der Waals surface area contributed by atoms with Crippen LogP contribution in [0.2, 0.25) is 0 Å². The molecule has 2 aromatic rings. The van der Waals surface area contributed by atoms with Crippen LogP contribution in [0.3, 0.4) is 0 Å². The topological polar surface area (TPSA) is 80.0 Å². The van der Waals surface area contributed by atoms with E-state index in [1.807, 2.05) is 13.0 Å². The van der Waals surface area contributed by atoms with E-state index in [9.17, 15) is 4.79 Å². The predicted octanol–water partition coefficient (Wildman–Crippen LogP) is 0.653. The molecule has 1 fully saturated rings. The minimum absolute atomic E-state index is 0.114. The summed E-state index contributed by atoms with van der Waals surface area (Å²) in [4.78, 5) is 17.6. The highest BCUT2D eigenvalue weighted by molar-refractivity contribution is 5.94. The monoisotopic (exact) mass is 262 g/mol. The molecule has 7 nitrogen and oxygen atoms in total. The molecule has 1 unspecified atom stereocenters. The largest absolute Gasteiger partial charge is 0.477 e. The first-order valence-electron chi connectivity index (χ1n) is 6.09. The van der Waals surface area contributed by atoms with Gasteiger partial charge in [0, 0.05) is 19.3 Å². The molecule has 3 rings (SSSR count). The van der Waals surface area contributed by atoms with Crippen LogP contribution in [0, 0.1) is 0 Å². The van der Waals surface area contributed by atoms with Gasteiger partial charge < -0.3 is 14.7 Å². The molecular formula is C12H14N4O3. The van der Waals surface area contributed by atoms with Crippen LogP contribution in [0.5, 0.6) is 0 Å². The molecule has 0 radical (unpaired) electrons. The number of ether oxygens (including phenoxy) is 1. The standard InChI is InChI=1S/C12H14N4O3/c1-8-7-15(4-5-19-8)10-2-3-16-11(14-10)9(6-13-16)12(17)18/h2-3,6,8H,4-5,7H2,1H3,(H,17,18). The Morgan fingerprint density at radius 1 is 1.58 bits per heavy atom. The van der Waals surface area contributed by atoms with Crippen LogP contribution in [-0.4, -0.2) is 51.5 Å². The van der Waals surface area contributed by atoms with Crippen molar-refractivity contribution in [3.8, 4) is 0 Å². The fourth-order valence-corrected chi connectivity index (χ4v) is 2.21. The molecule has 1 atom stereocenters. The number of aromatic nitrogens is 3. The number of aromatic carboxylic acids is 1. The zero-order chi connectivity index (χ0) is 13.4. The molecule has 0 aromatic carbocycles. The van der Waals surface area contributed by atoms with Crippen LogP contribution >= 0.6 is 0 Å².